The molecule has 0 radical (unpaired) electrons. The molecule has 4 aliphatic rings. The zero-order valence-corrected chi connectivity index (χ0v) is 73.8. The van der Waals surface area contributed by atoms with Gasteiger partial charge in [-0.15, -0.1) is 0 Å². The number of carboxylic acid groups (broad SMARTS) is 1. The minimum absolute atomic E-state index is 0.0133. The van der Waals surface area contributed by atoms with E-state index in [-0.39, 0.29) is 45.2 Å². The second-order valence-corrected chi connectivity index (χ2v) is 31.8. The fourth-order valence-corrected chi connectivity index (χ4v) is 13.9. The van der Waals surface area contributed by atoms with Crippen molar-refractivity contribution < 1.29 is 180 Å². The van der Waals surface area contributed by atoms with Crippen molar-refractivity contribution in [3.05, 3.63) is 0 Å². The minimum atomic E-state index is -1.96. The number of unbranched alkanes of at least 4 members (excludes halogenated alkanes) is 2. The molecule has 0 saturated carbocycles. The Labute approximate surface area is 750 Å². The SMILES string of the molecule is CC(=O)NC1C(OC2C(CO)OC(O)C(NC(C)=O)C2OC(C)C(=O)NC(C)C(=O)NC(CCC(=O)NC(CCCCNC(=O)CC(NC(=O)C(C)NC(=O)C(CCCCN)NC(=O)CCC(NC(=O)C(C)NC(=O)C(C)OC2C(NC(C)=O)C(O)OC(CO)C2OC2OC(CO)C(O)C(O)C2NC(C)=O)C(N)=O)C(N)=O)C(=O)NC(C)C(=O)O)C(N)=O)OC(CO)C(O)C1O. The summed E-state index contributed by atoms with van der Waals surface area (Å²) in [5.41, 5.74) is 22.4. The highest BCUT2D eigenvalue weighted by molar-refractivity contribution is 5.97. The van der Waals surface area contributed by atoms with Crippen LogP contribution in [0.25, 0.3) is 0 Å². The van der Waals surface area contributed by atoms with Crippen LogP contribution in [0.3, 0.4) is 0 Å². The molecule has 0 aliphatic carbocycles. The summed E-state index contributed by atoms with van der Waals surface area (Å²) in [6.45, 7) is 7.54. The molecule has 4 heterocycles. The summed E-state index contributed by atoms with van der Waals surface area (Å²) in [6, 6.07) is -20.2. The molecule has 31 unspecified atom stereocenters. The molecule has 0 bridgehead atoms. The van der Waals surface area contributed by atoms with Gasteiger partial charge < -0.3 is 191 Å². The summed E-state index contributed by atoms with van der Waals surface area (Å²) in [7, 11) is 0. The van der Waals surface area contributed by atoms with Crippen LogP contribution in [-0.4, -0.2) is 391 Å². The number of aliphatic hydroxyl groups is 10. The van der Waals surface area contributed by atoms with E-state index >= 15 is 0 Å². The van der Waals surface area contributed by atoms with E-state index in [9.17, 15) is 142 Å². The fourth-order valence-electron chi connectivity index (χ4n) is 13.9. The van der Waals surface area contributed by atoms with Crippen molar-refractivity contribution >= 4 is 106 Å². The van der Waals surface area contributed by atoms with Gasteiger partial charge in [0.15, 0.2) is 25.2 Å². The van der Waals surface area contributed by atoms with Crippen molar-refractivity contribution in [2.45, 2.75) is 329 Å². The molecule has 0 aromatic heterocycles. The number of nitrogens with one attached hydrogen (secondary N) is 14. The number of carbonyl (C=O) groups is 18. The lowest BCUT2D eigenvalue weighted by Gasteiger charge is -2.48. The van der Waals surface area contributed by atoms with Crippen LogP contribution in [0.5, 0.6) is 0 Å². The predicted octanol–water partition coefficient (Wildman–Crippen LogP) is -16.0. The molecule has 55 nitrogen and oxygen atoms in total. The summed E-state index contributed by atoms with van der Waals surface area (Å²) in [5.74, 6) is -17.9. The molecule has 33 N–H and O–H groups in total. The molecule has 17 amide bonds. The molecule has 0 aromatic rings. The van der Waals surface area contributed by atoms with E-state index in [1.165, 1.54) is 13.8 Å². The highest BCUT2D eigenvalue weighted by Gasteiger charge is 2.56. The van der Waals surface area contributed by atoms with Crippen LogP contribution >= 0.6 is 0 Å². The third-order valence-corrected chi connectivity index (χ3v) is 21.1. The molecular weight excluding hydrogens is 1760 g/mol. The largest absolute Gasteiger partial charge is 0.480 e. The van der Waals surface area contributed by atoms with Crippen molar-refractivity contribution in [1.82, 2.24) is 74.4 Å². The molecule has 4 saturated heterocycles. The summed E-state index contributed by atoms with van der Waals surface area (Å²) in [6.07, 6.45) is -33.5. The van der Waals surface area contributed by atoms with Gasteiger partial charge in [0.1, 0.15) is 164 Å². The molecule has 0 spiro atoms. The van der Waals surface area contributed by atoms with Crippen molar-refractivity contribution in [2.75, 3.05) is 39.5 Å². The molecule has 31 atom stereocenters. The molecule has 744 valence electrons. The van der Waals surface area contributed by atoms with Crippen molar-refractivity contribution in [3.8, 4) is 0 Å². The second kappa shape index (κ2) is 54.6. The molecule has 0 aromatic carbocycles. The standard InChI is InChI=1S/C76H128N18O37/c1-28(82-68(116)32(5)124-60-52(88-36(9)101)73(122)126-45(26-97)58(60)130-75-50(86-34(7)99)56(108)54(106)43(24-95)128-75)65(113)92-38(62(78)110)17-19-47(103)90-40(15-11-13-21-77)70(118)84-30(3)67(115)94-42(64(80)112)23-49(105)81-22-14-12-16-41(71(119)85-31(4)72(120)121)91-48(104)20-18-39(63(79)111)93-66(114)29(2)83-69(117)33(6)125-61-53(89-37(10)102)74(123)127-46(27-98)59(61)131-76-51(87-35(8)100)57(109)55(107)44(25-96)129-76/h28-33,38-46,50-61,73-76,95-98,106-109,122-123H,11-27,77H2,1-10H3,(H2,78,110)(H2,79,111)(H2,80,112)(H,81,105)(H,82,116)(H,83,117)(H,84,118)(H,85,119)(H,86,99)(H,87,100)(H,88,101)(H,89,102)(H,90,103)(H,91,104)(H,92,113)(H,93,114)(H,94,115)(H,120,121). The van der Waals surface area contributed by atoms with Gasteiger partial charge in [0.05, 0.1) is 32.8 Å². The number of rotatable bonds is 53. The van der Waals surface area contributed by atoms with Crippen LogP contribution < -0.4 is 97.4 Å². The average Bonchev–Trinajstić information content (AvgIpc) is 0.774. The van der Waals surface area contributed by atoms with Crippen LogP contribution in [0.4, 0.5) is 0 Å². The van der Waals surface area contributed by atoms with E-state index < -0.39 is 354 Å². The molecule has 55 heteroatoms. The van der Waals surface area contributed by atoms with E-state index in [0.717, 1.165) is 55.4 Å². The molecule has 4 fully saturated rings. The Morgan fingerprint density at radius 1 is 0.351 bits per heavy atom. The first-order valence-electron chi connectivity index (χ1n) is 42.1. The number of hydrogen-bond acceptors (Lipinski definition) is 37. The van der Waals surface area contributed by atoms with Crippen molar-refractivity contribution in [3.63, 3.8) is 0 Å². The van der Waals surface area contributed by atoms with Gasteiger partial charge in [-0.1, -0.05) is 0 Å². The smallest absolute Gasteiger partial charge is 0.325 e. The number of carboxylic acids is 1. The maximum atomic E-state index is 13.8. The Morgan fingerprint density at radius 2 is 0.679 bits per heavy atom. The Morgan fingerprint density at radius 3 is 1.01 bits per heavy atom. The number of hydrogen-bond donors (Lipinski definition) is 29. The van der Waals surface area contributed by atoms with Crippen LogP contribution in [-0.2, 0) is 124 Å². The quantitative estimate of drug-likeness (QED) is 0.0252. The zero-order valence-electron chi connectivity index (χ0n) is 73.8. The number of aliphatic hydroxyl groups excluding tert-OH is 10. The summed E-state index contributed by atoms with van der Waals surface area (Å²) in [5, 5.41) is 148. The molecule has 131 heavy (non-hydrogen) atoms. The Balaban J connectivity index is 1.32. The fraction of sp³-hybridized carbons (Fsp3) is 0.763. The van der Waals surface area contributed by atoms with Gasteiger partial charge in [0.25, 0.3) is 0 Å². The molecule has 4 aliphatic heterocycles. The lowest BCUT2D eigenvalue weighted by molar-refractivity contribution is -0.333. The number of amides is 17. The maximum absolute atomic E-state index is 13.8. The lowest BCUT2D eigenvalue weighted by atomic mass is 9.94. The Kier molecular flexibility index (Phi) is 47.1. The van der Waals surface area contributed by atoms with Crippen molar-refractivity contribution in [2.24, 2.45) is 22.9 Å². The highest BCUT2D eigenvalue weighted by atomic mass is 16.7. The van der Waals surface area contributed by atoms with E-state index in [0.29, 0.717) is 6.42 Å². The van der Waals surface area contributed by atoms with Gasteiger partial charge >= 0.3 is 5.97 Å². The topological polar surface area (TPSA) is 876 Å². The Bertz CT molecular complexity index is 3900. The second-order valence-electron chi connectivity index (χ2n) is 31.8. The van der Waals surface area contributed by atoms with E-state index in [1.54, 1.807) is 0 Å². The first-order chi connectivity index (χ1) is 61.4. The Hall–Kier alpha value is -10.3. The van der Waals surface area contributed by atoms with E-state index in [2.05, 4.69) is 74.4 Å². The van der Waals surface area contributed by atoms with Crippen LogP contribution in [0.15, 0.2) is 0 Å². The average molecular weight is 1890 g/mol. The van der Waals surface area contributed by atoms with Gasteiger partial charge in [-0.05, 0) is 99.5 Å². The zero-order chi connectivity index (χ0) is 98.9. The van der Waals surface area contributed by atoms with Gasteiger partial charge in [0.2, 0.25) is 100 Å². The normalized spacial score (nSPS) is 27.8. The van der Waals surface area contributed by atoms with Crippen molar-refractivity contribution in [1.29, 1.82) is 0 Å². The third kappa shape index (κ3) is 35.3. The van der Waals surface area contributed by atoms with Gasteiger partial charge in [-0.25, -0.2) is 0 Å². The van der Waals surface area contributed by atoms with E-state index in [4.69, 9.17) is 60.8 Å². The molecular formula is C76H128N18O37. The summed E-state index contributed by atoms with van der Waals surface area (Å²) < 4.78 is 46.6. The van der Waals surface area contributed by atoms with Gasteiger partial charge in [-0.3, -0.25) is 86.3 Å². The monoisotopic (exact) mass is 1880 g/mol. The highest BCUT2D eigenvalue weighted by Crippen LogP contribution is 2.34. The number of primary amides is 3. The van der Waals surface area contributed by atoms with Crippen LogP contribution in [0, 0.1) is 0 Å². The predicted molar refractivity (Wildman–Crippen MR) is 438 cm³/mol. The lowest BCUT2D eigenvalue weighted by Crippen LogP contribution is -2.70. The number of ether oxygens (including phenoxy) is 8. The van der Waals surface area contributed by atoms with Gasteiger partial charge in [-0.2, -0.15) is 0 Å². The maximum Gasteiger partial charge on any atom is 0.325 e. The number of aliphatic carboxylic acids is 1. The van der Waals surface area contributed by atoms with Crippen LogP contribution in [0.2, 0.25) is 0 Å². The van der Waals surface area contributed by atoms with E-state index in [1.807, 2.05) is 0 Å². The summed E-state index contributed by atoms with van der Waals surface area (Å²) >= 11 is 0. The molecule has 4 rings (SSSR count). The van der Waals surface area contributed by atoms with Gasteiger partial charge in [0, 0.05) is 47.1 Å². The van der Waals surface area contributed by atoms with Crippen LogP contribution in [0.1, 0.15) is 140 Å². The third-order valence-electron chi connectivity index (χ3n) is 21.1. The first kappa shape index (κ1) is 113. The number of nitrogens with two attached hydrogens (primary N) is 4. The summed E-state index contributed by atoms with van der Waals surface area (Å²) in [4.78, 5) is 235. The number of carbonyl (C=O) groups excluding carboxylic acids is 17. The first-order valence-corrected chi connectivity index (χ1v) is 42.1. The minimum Gasteiger partial charge on any atom is -0.480 e.